The molecule has 0 bridgehead atoms. The number of hydrogen-bond donors (Lipinski definition) is 2. The summed E-state index contributed by atoms with van der Waals surface area (Å²) in [5, 5.41) is 5.79. The third-order valence-corrected chi connectivity index (χ3v) is 3.72. The Balaban J connectivity index is 2.02. The van der Waals surface area contributed by atoms with Crippen LogP contribution < -0.4 is 10.6 Å². The van der Waals surface area contributed by atoms with Gasteiger partial charge in [-0.2, -0.15) is 0 Å². The van der Waals surface area contributed by atoms with Crippen molar-refractivity contribution in [1.29, 1.82) is 0 Å². The highest BCUT2D eigenvalue weighted by atomic mass is 35.5. The molecule has 7 heteroatoms. The van der Waals surface area contributed by atoms with Crippen LogP contribution >= 0.6 is 11.6 Å². The summed E-state index contributed by atoms with van der Waals surface area (Å²) < 4.78 is 4.73. The lowest BCUT2D eigenvalue weighted by Crippen LogP contribution is -2.49. The van der Waals surface area contributed by atoms with Gasteiger partial charge in [0.25, 0.3) is 0 Å². The SMILES string of the molecule is COC(=O)[C@H](Cc1ccc(Cl)cc1)NC(=O)[C@@H]1CCC(=O)N1. The second-order valence-electron chi connectivity index (χ2n) is 5.07. The maximum absolute atomic E-state index is 12.1. The molecular formula is C15H17ClN2O4. The van der Waals surface area contributed by atoms with Gasteiger partial charge in [0, 0.05) is 17.9 Å². The van der Waals surface area contributed by atoms with Crippen molar-refractivity contribution in [2.45, 2.75) is 31.3 Å². The Morgan fingerprint density at radius 2 is 2.09 bits per heavy atom. The molecule has 2 rings (SSSR count). The second-order valence-corrected chi connectivity index (χ2v) is 5.51. The minimum absolute atomic E-state index is 0.160. The highest BCUT2D eigenvalue weighted by Crippen LogP contribution is 2.12. The molecule has 1 aliphatic heterocycles. The number of halogens is 1. The van der Waals surface area contributed by atoms with Crippen molar-refractivity contribution in [3.05, 3.63) is 34.9 Å². The Labute approximate surface area is 133 Å². The van der Waals surface area contributed by atoms with Crippen LogP contribution in [0.4, 0.5) is 0 Å². The van der Waals surface area contributed by atoms with Gasteiger partial charge in [0.15, 0.2) is 0 Å². The standard InChI is InChI=1S/C15H17ClN2O4/c1-22-15(21)12(8-9-2-4-10(16)5-3-9)18-14(20)11-6-7-13(19)17-11/h2-5,11-12H,6-8H2,1H3,(H,17,19)(H,18,20)/t11-,12-/m0/s1. The maximum Gasteiger partial charge on any atom is 0.328 e. The summed E-state index contributed by atoms with van der Waals surface area (Å²) in [5.74, 6) is -1.07. The molecule has 22 heavy (non-hydrogen) atoms. The van der Waals surface area contributed by atoms with Crippen LogP contribution in [0.15, 0.2) is 24.3 Å². The van der Waals surface area contributed by atoms with Crippen LogP contribution in [0, 0.1) is 0 Å². The number of amides is 2. The van der Waals surface area contributed by atoms with E-state index in [-0.39, 0.29) is 18.2 Å². The van der Waals surface area contributed by atoms with E-state index in [1.54, 1.807) is 24.3 Å². The minimum Gasteiger partial charge on any atom is -0.467 e. The van der Waals surface area contributed by atoms with Crippen molar-refractivity contribution < 1.29 is 19.1 Å². The average Bonchev–Trinajstić information content (AvgIpc) is 2.94. The monoisotopic (exact) mass is 324 g/mol. The number of carbonyl (C=O) groups excluding carboxylic acids is 3. The molecule has 0 aromatic heterocycles. The number of rotatable bonds is 5. The molecule has 0 saturated carbocycles. The van der Waals surface area contributed by atoms with Gasteiger partial charge in [-0.05, 0) is 24.1 Å². The van der Waals surface area contributed by atoms with Gasteiger partial charge in [-0.15, -0.1) is 0 Å². The van der Waals surface area contributed by atoms with Crippen LogP contribution in [-0.2, 0) is 25.5 Å². The van der Waals surface area contributed by atoms with E-state index in [0.29, 0.717) is 17.9 Å². The Kier molecular flexibility index (Phi) is 5.38. The van der Waals surface area contributed by atoms with Gasteiger partial charge in [-0.1, -0.05) is 23.7 Å². The van der Waals surface area contributed by atoms with E-state index < -0.39 is 18.1 Å². The van der Waals surface area contributed by atoms with E-state index in [0.717, 1.165) is 5.56 Å². The van der Waals surface area contributed by atoms with E-state index in [4.69, 9.17) is 16.3 Å². The number of ether oxygens (including phenoxy) is 1. The van der Waals surface area contributed by atoms with Crippen LogP contribution in [-0.4, -0.2) is 37.0 Å². The number of methoxy groups -OCH3 is 1. The third-order valence-electron chi connectivity index (χ3n) is 3.47. The number of carbonyl (C=O) groups is 3. The number of hydrogen-bond acceptors (Lipinski definition) is 4. The van der Waals surface area contributed by atoms with E-state index in [9.17, 15) is 14.4 Å². The first-order valence-corrected chi connectivity index (χ1v) is 7.29. The van der Waals surface area contributed by atoms with Crippen LogP contribution in [0.2, 0.25) is 5.02 Å². The zero-order valence-corrected chi connectivity index (χ0v) is 12.9. The third kappa shape index (κ3) is 4.21. The maximum atomic E-state index is 12.1. The molecular weight excluding hydrogens is 308 g/mol. The smallest absolute Gasteiger partial charge is 0.328 e. The lowest BCUT2D eigenvalue weighted by molar-refractivity contribution is -0.145. The largest absolute Gasteiger partial charge is 0.467 e. The quantitative estimate of drug-likeness (QED) is 0.785. The molecule has 0 aliphatic carbocycles. The summed E-state index contributed by atoms with van der Waals surface area (Å²) in [6.45, 7) is 0. The zero-order chi connectivity index (χ0) is 16.1. The van der Waals surface area contributed by atoms with E-state index in [1.165, 1.54) is 7.11 Å². The normalized spacial score (nSPS) is 18.5. The molecule has 1 saturated heterocycles. The first-order chi connectivity index (χ1) is 10.5. The van der Waals surface area contributed by atoms with Crippen molar-refractivity contribution in [2.24, 2.45) is 0 Å². The number of benzene rings is 1. The lowest BCUT2D eigenvalue weighted by Gasteiger charge is -2.19. The van der Waals surface area contributed by atoms with Crippen LogP contribution in [0.25, 0.3) is 0 Å². The van der Waals surface area contributed by atoms with E-state index in [2.05, 4.69) is 10.6 Å². The van der Waals surface area contributed by atoms with E-state index in [1.807, 2.05) is 0 Å². The fraction of sp³-hybridized carbons (Fsp3) is 0.400. The van der Waals surface area contributed by atoms with Gasteiger partial charge in [-0.3, -0.25) is 9.59 Å². The van der Waals surface area contributed by atoms with Crippen LogP contribution in [0.3, 0.4) is 0 Å². The molecule has 1 fully saturated rings. The molecule has 0 radical (unpaired) electrons. The molecule has 1 heterocycles. The molecule has 1 aromatic carbocycles. The van der Waals surface area contributed by atoms with Crippen molar-refractivity contribution in [1.82, 2.24) is 10.6 Å². The van der Waals surface area contributed by atoms with Crippen LogP contribution in [0.5, 0.6) is 0 Å². The molecule has 1 aromatic rings. The molecule has 2 amide bonds. The van der Waals surface area contributed by atoms with Crippen molar-refractivity contribution in [2.75, 3.05) is 7.11 Å². The predicted octanol–water partition coefficient (Wildman–Crippen LogP) is 0.819. The van der Waals surface area contributed by atoms with Gasteiger partial charge in [0.2, 0.25) is 11.8 Å². The van der Waals surface area contributed by atoms with Gasteiger partial charge >= 0.3 is 5.97 Å². The lowest BCUT2D eigenvalue weighted by atomic mass is 10.1. The number of esters is 1. The van der Waals surface area contributed by atoms with Gasteiger partial charge < -0.3 is 15.4 Å². The summed E-state index contributed by atoms with van der Waals surface area (Å²) in [5.41, 5.74) is 0.843. The van der Waals surface area contributed by atoms with Gasteiger partial charge in [0.05, 0.1) is 7.11 Å². The summed E-state index contributed by atoms with van der Waals surface area (Å²) in [6.07, 6.45) is 1.04. The highest BCUT2D eigenvalue weighted by Gasteiger charge is 2.30. The molecule has 0 unspecified atom stereocenters. The Bertz CT molecular complexity index is 573. The number of nitrogens with one attached hydrogen (secondary N) is 2. The fourth-order valence-electron chi connectivity index (χ4n) is 2.27. The van der Waals surface area contributed by atoms with Gasteiger partial charge in [-0.25, -0.2) is 4.79 Å². The first-order valence-electron chi connectivity index (χ1n) is 6.91. The first kappa shape index (κ1) is 16.3. The molecule has 2 N–H and O–H groups in total. The molecule has 2 atom stereocenters. The summed E-state index contributed by atoms with van der Waals surface area (Å²) in [7, 11) is 1.26. The zero-order valence-electron chi connectivity index (χ0n) is 12.1. The fourth-order valence-corrected chi connectivity index (χ4v) is 2.40. The molecule has 1 aliphatic rings. The molecule has 6 nitrogen and oxygen atoms in total. The van der Waals surface area contributed by atoms with E-state index >= 15 is 0 Å². The summed E-state index contributed by atoms with van der Waals surface area (Å²) in [6, 6.07) is 5.58. The Hall–Kier alpha value is -2.08. The van der Waals surface area contributed by atoms with Crippen LogP contribution in [0.1, 0.15) is 18.4 Å². The van der Waals surface area contributed by atoms with Crippen molar-refractivity contribution in [3.63, 3.8) is 0 Å². The second kappa shape index (κ2) is 7.26. The Morgan fingerprint density at radius 1 is 1.41 bits per heavy atom. The summed E-state index contributed by atoms with van der Waals surface area (Å²) >= 11 is 5.82. The van der Waals surface area contributed by atoms with Crippen molar-refractivity contribution in [3.8, 4) is 0 Å². The van der Waals surface area contributed by atoms with Crippen molar-refractivity contribution >= 4 is 29.4 Å². The highest BCUT2D eigenvalue weighted by molar-refractivity contribution is 6.30. The predicted molar refractivity (Wildman–Crippen MR) is 80.3 cm³/mol. The summed E-state index contributed by atoms with van der Waals surface area (Å²) in [4.78, 5) is 35.1. The minimum atomic E-state index is -0.809. The Morgan fingerprint density at radius 3 is 2.64 bits per heavy atom. The van der Waals surface area contributed by atoms with Gasteiger partial charge in [0.1, 0.15) is 12.1 Å². The molecule has 118 valence electrons. The topological polar surface area (TPSA) is 84.5 Å². The molecule has 0 spiro atoms. The average molecular weight is 325 g/mol.